The van der Waals surface area contributed by atoms with Gasteiger partial charge in [0.1, 0.15) is 0 Å². The third kappa shape index (κ3) is 4.20. The summed E-state index contributed by atoms with van der Waals surface area (Å²) in [6, 6.07) is 7.66. The first-order valence-electron chi connectivity index (χ1n) is 3.95. The molecule has 0 aliphatic carbocycles. The molecule has 0 aliphatic heterocycles. The minimum atomic E-state index is 0.949. The Hall–Kier alpha value is 0.280. The molecule has 0 aromatic carbocycles. The van der Waals surface area contributed by atoms with E-state index in [1.54, 1.807) is 12.4 Å². The highest BCUT2D eigenvalue weighted by Crippen LogP contribution is 2.48. The minimum absolute atomic E-state index is 0.949. The third-order valence-corrected chi connectivity index (χ3v) is 8.12. The Morgan fingerprint density at radius 2 is 1.29 bits per heavy atom. The summed E-state index contributed by atoms with van der Waals surface area (Å²) in [5.74, 6) is 0. The van der Waals surface area contributed by atoms with Crippen LogP contribution in [0.2, 0.25) is 0 Å². The van der Waals surface area contributed by atoms with Crippen LogP contribution in [0.15, 0.2) is 36.7 Å². The monoisotopic (exact) mass is 260 g/mol. The predicted molar refractivity (Wildman–Crippen MR) is 75.6 cm³/mol. The SMILES string of the molecule is PPPP.c1cnc2cccnc2c1. The summed E-state index contributed by atoms with van der Waals surface area (Å²) in [6.07, 6.45) is 3.54. The normalized spacial score (nSPS) is 11.0. The van der Waals surface area contributed by atoms with Gasteiger partial charge in [-0.2, -0.15) is 0 Å². The van der Waals surface area contributed by atoms with Crippen LogP contribution in [0.1, 0.15) is 0 Å². The fourth-order valence-corrected chi connectivity index (χ4v) is 0.904. The lowest BCUT2D eigenvalue weighted by Crippen LogP contribution is -1.78. The molecule has 14 heavy (non-hydrogen) atoms. The van der Waals surface area contributed by atoms with Gasteiger partial charge in [0, 0.05) is 12.4 Å². The van der Waals surface area contributed by atoms with Crippen molar-refractivity contribution in [3.63, 3.8) is 0 Å². The molecule has 74 valence electrons. The zero-order valence-electron chi connectivity index (χ0n) is 7.51. The smallest absolute Gasteiger partial charge is 0.0886 e. The average Bonchev–Trinajstić information content (AvgIpc) is 2.30. The fourth-order valence-electron chi connectivity index (χ4n) is 0.904. The Morgan fingerprint density at radius 3 is 1.64 bits per heavy atom. The van der Waals surface area contributed by atoms with Gasteiger partial charge in [-0.3, -0.25) is 9.97 Å². The Kier molecular flexibility index (Phi) is 6.67. The second kappa shape index (κ2) is 7.56. The molecule has 0 aliphatic rings. The van der Waals surface area contributed by atoms with Crippen LogP contribution in [0.4, 0.5) is 0 Å². The number of rotatable bonds is 1. The van der Waals surface area contributed by atoms with Crippen molar-refractivity contribution in [3.05, 3.63) is 36.7 Å². The number of aromatic nitrogens is 2. The van der Waals surface area contributed by atoms with E-state index in [2.05, 4.69) is 27.8 Å². The van der Waals surface area contributed by atoms with Crippen LogP contribution in [-0.2, 0) is 0 Å². The predicted octanol–water partition coefficient (Wildman–Crippen LogP) is 3.47. The van der Waals surface area contributed by atoms with Crippen LogP contribution in [0.3, 0.4) is 0 Å². The first-order valence-corrected chi connectivity index (χ1v) is 10.6. The number of hydrogen-bond donors (Lipinski definition) is 0. The molecule has 0 amide bonds. The maximum Gasteiger partial charge on any atom is 0.0886 e. The molecular formula is C8H12N2P4. The standard InChI is InChI=1S/C8H6N2.H6P4/c1-3-7-8(9-5-1)4-2-6-10-7;1-3-4-2/h1-6H;3-4H,1-2H2. The van der Waals surface area contributed by atoms with E-state index in [-0.39, 0.29) is 0 Å². The van der Waals surface area contributed by atoms with Gasteiger partial charge in [-0.05, 0) is 24.3 Å². The molecule has 0 spiro atoms. The van der Waals surface area contributed by atoms with Crippen LogP contribution in [-0.4, -0.2) is 9.97 Å². The van der Waals surface area contributed by atoms with E-state index in [0.29, 0.717) is 0 Å². The van der Waals surface area contributed by atoms with Gasteiger partial charge in [-0.25, -0.2) is 0 Å². The first kappa shape index (κ1) is 12.4. The molecule has 0 bridgehead atoms. The van der Waals surface area contributed by atoms with Crippen molar-refractivity contribution < 1.29 is 0 Å². The molecule has 0 radical (unpaired) electrons. The summed E-state index contributed by atoms with van der Waals surface area (Å²) < 4.78 is 0. The van der Waals surface area contributed by atoms with Gasteiger partial charge in [0.25, 0.3) is 0 Å². The fraction of sp³-hybridized carbons (Fsp3) is 0. The summed E-state index contributed by atoms with van der Waals surface area (Å²) in [5.41, 5.74) is 1.90. The topological polar surface area (TPSA) is 25.8 Å². The zero-order chi connectivity index (χ0) is 10.2. The molecule has 4 atom stereocenters. The van der Waals surface area contributed by atoms with E-state index < -0.39 is 0 Å². The largest absolute Gasteiger partial charge is 0.255 e. The van der Waals surface area contributed by atoms with Gasteiger partial charge in [0.05, 0.1) is 11.0 Å². The second-order valence-corrected chi connectivity index (χ2v) is 9.84. The molecule has 2 aromatic heterocycles. The lowest BCUT2D eigenvalue weighted by Gasteiger charge is -1.90. The van der Waals surface area contributed by atoms with E-state index in [0.717, 1.165) is 26.9 Å². The molecule has 0 fully saturated rings. The Morgan fingerprint density at radius 1 is 0.857 bits per heavy atom. The van der Waals surface area contributed by atoms with Crippen molar-refractivity contribution >= 4 is 44.8 Å². The van der Waals surface area contributed by atoms with Gasteiger partial charge in [-0.15, -0.1) is 17.9 Å². The molecule has 0 saturated carbocycles. The van der Waals surface area contributed by atoms with E-state index in [9.17, 15) is 0 Å². The van der Waals surface area contributed by atoms with Gasteiger partial charge < -0.3 is 0 Å². The van der Waals surface area contributed by atoms with Gasteiger partial charge >= 0.3 is 0 Å². The van der Waals surface area contributed by atoms with Crippen molar-refractivity contribution in [1.82, 2.24) is 9.97 Å². The van der Waals surface area contributed by atoms with E-state index >= 15 is 0 Å². The number of nitrogens with zero attached hydrogens (tertiary/aromatic N) is 2. The first-order chi connectivity index (χ1) is 6.88. The van der Waals surface area contributed by atoms with Crippen LogP contribution in [0, 0.1) is 0 Å². The average molecular weight is 260 g/mol. The summed E-state index contributed by atoms with van der Waals surface area (Å²) in [5, 5.41) is 0. The maximum atomic E-state index is 4.12. The number of pyridine rings is 2. The van der Waals surface area contributed by atoms with E-state index in [1.807, 2.05) is 24.3 Å². The van der Waals surface area contributed by atoms with Gasteiger partial charge in [-0.1, -0.05) is 15.9 Å². The van der Waals surface area contributed by atoms with Crippen molar-refractivity contribution in [1.29, 1.82) is 0 Å². The van der Waals surface area contributed by atoms with E-state index in [4.69, 9.17) is 0 Å². The van der Waals surface area contributed by atoms with Crippen LogP contribution < -0.4 is 0 Å². The Bertz CT molecular complexity index is 315. The molecule has 0 saturated heterocycles. The molecule has 2 nitrogen and oxygen atoms in total. The van der Waals surface area contributed by atoms with Crippen LogP contribution >= 0.6 is 33.8 Å². The molecule has 2 rings (SSSR count). The summed E-state index contributed by atoms with van der Waals surface area (Å²) in [6.45, 7) is 0. The van der Waals surface area contributed by atoms with Gasteiger partial charge in [0.15, 0.2) is 0 Å². The highest BCUT2D eigenvalue weighted by molar-refractivity contribution is 8.54. The summed E-state index contributed by atoms with van der Waals surface area (Å²) in [4.78, 5) is 8.24. The number of fused-ring (bicyclic) bond motifs is 1. The summed E-state index contributed by atoms with van der Waals surface area (Å²) >= 11 is 0. The minimum Gasteiger partial charge on any atom is -0.255 e. The summed E-state index contributed by atoms with van der Waals surface area (Å²) in [7, 11) is 7.44. The molecule has 2 aromatic rings. The Balaban J connectivity index is 0.000000213. The van der Waals surface area contributed by atoms with Crippen LogP contribution in [0.25, 0.3) is 11.0 Å². The number of hydrogen-bond acceptors (Lipinski definition) is 2. The molecule has 6 heteroatoms. The quantitative estimate of drug-likeness (QED) is 0.733. The highest BCUT2D eigenvalue weighted by Gasteiger charge is 1.88. The highest BCUT2D eigenvalue weighted by atomic mass is 32.6. The van der Waals surface area contributed by atoms with Gasteiger partial charge in [0.2, 0.25) is 0 Å². The van der Waals surface area contributed by atoms with Crippen molar-refractivity contribution in [2.45, 2.75) is 0 Å². The lowest BCUT2D eigenvalue weighted by molar-refractivity contribution is 1.34. The molecule has 0 N–H and O–H groups in total. The van der Waals surface area contributed by atoms with Crippen molar-refractivity contribution in [2.75, 3.05) is 0 Å². The third-order valence-electron chi connectivity index (χ3n) is 1.45. The lowest BCUT2D eigenvalue weighted by atomic mass is 10.3. The van der Waals surface area contributed by atoms with E-state index in [1.165, 1.54) is 0 Å². The van der Waals surface area contributed by atoms with Crippen molar-refractivity contribution in [3.8, 4) is 0 Å². The second-order valence-electron chi connectivity index (χ2n) is 2.33. The zero-order valence-corrected chi connectivity index (χ0v) is 11.8. The molecule has 2 heterocycles. The maximum absolute atomic E-state index is 4.12. The molecule has 4 unspecified atom stereocenters. The van der Waals surface area contributed by atoms with Crippen LogP contribution in [0.5, 0.6) is 0 Å². The van der Waals surface area contributed by atoms with Crippen molar-refractivity contribution in [2.24, 2.45) is 0 Å². The Labute approximate surface area is 91.7 Å². The molecular weight excluding hydrogens is 248 g/mol.